The molecular formula is C15H24N2O. The second kappa shape index (κ2) is 7.88. The molecule has 100 valence electrons. The summed E-state index contributed by atoms with van der Waals surface area (Å²) in [6, 6.07) is 8.34. The largest absolute Gasteiger partial charge is 0.350 e. The zero-order valence-corrected chi connectivity index (χ0v) is 11.4. The van der Waals surface area contributed by atoms with Crippen LogP contribution in [0.1, 0.15) is 49.8 Å². The van der Waals surface area contributed by atoms with Gasteiger partial charge in [-0.15, -0.1) is 0 Å². The highest BCUT2D eigenvalue weighted by atomic mass is 16.1. The van der Waals surface area contributed by atoms with Gasteiger partial charge in [0.1, 0.15) is 0 Å². The molecule has 0 saturated heterocycles. The van der Waals surface area contributed by atoms with Gasteiger partial charge in [0.2, 0.25) is 5.91 Å². The number of hydrogen-bond acceptors (Lipinski definition) is 2. The van der Waals surface area contributed by atoms with E-state index in [1.54, 1.807) is 0 Å². The van der Waals surface area contributed by atoms with Gasteiger partial charge < -0.3 is 11.1 Å². The van der Waals surface area contributed by atoms with Gasteiger partial charge in [-0.05, 0) is 38.8 Å². The molecule has 1 unspecified atom stereocenters. The first kappa shape index (κ1) is 14.7. The maximum absolute atomic E-state index is 11.7. The van der Waals surface area contributed by atoms with E-state index in [1.807, 2.05) is 6.92 Å². The van der Waals surface area contributed by atoms with Gasteiger partial charge in [-0.1, -0.05) is 36.2 Å². The van der Waals surface area contributed by atoms with Crippen molar-refractivity contribution in [2.24, 2.45) is 5.73 Å². The normalized spacial score (nSPS) is 12.2. The van der Waals surface area contributed by atoms with Crippen molar-refractivity contribution in [1.29, 1.82) is 0 Å². The molecule has 0 radical (unpaired) electrons. The van der Waals surface area contributed by atoms with E-state index in [0.29, 0.717) is 13.0 Å². The molecule has 0 bridgehead atoms. The van der Waals surface area contributed by atoms with E-state index < -0.39 is 0 Å². The van der Waals surface area contributed by atoms with Crippen LogP contribution in [0.3, 0.4) is 0 Å². The summed E-state index contributed by atoms with van der Waals surface area (Å²) in [6.45, 7) is 4.79. The Morgan fingerprint density at radius 1 is 1.22 bits per heavy atom. The molecule has 0 heterocycles. The molecule has 0 aliphatic carbocycles. The number of amides is 1. The summed E-state index contributed by atoms with van der Waals surface area (Å²) in [4.78, 5) is 11.7. The van der Waals surface area contributed by atoms with E-state index in [0.717, 1.165) is 24.8 Å². The number of nitrogens with two attached hydrogens (primary N) is 1. The first-order valence-corrected chi connectivity index (χ1v) is 6.69. The highest BCUT2D eigenvalue weighted by Crippen LogP contribution is 2.13. The molecule has 1 rings (SSSR count). The Morgan fingerprint density at radius 3 is 2.50 bits per heavy atom. The average Bonchev–Trinajstić information content (AvgIpc) is 2.35. The monoisotopic (exact) mass is 248 g/mol. The second-order valence-corrected chi connectivity index (χ2v) is 4.80. The lowest BCUT2D eigenvalue weighted by Gasteiger charge is -2.14. The van der Waals surface area contributed by atoms with Crippen molar-refractivity contribution in [3.05, 3.63) is 35.4 Å². The summed E-state index contributed by atoms with van der Waals surface area (Å²) >= 11 is 0. The fourth-order valence-corrected chi connectivity index (χ4v) is 1.86. The van der Waals surface area contributed by atoms with Gasteiger partial charge in [0.25, 0.3) is 0 Å². The van der Waals surface area contributed by atoms with E-state index in [-0.39, 0.29) is 11.9 Å². The minimum Gasteiger partial charge on any atom is -0.350 e. The van der Waals surface area contributed by atoms with Crippen molar-refractivity contribution in [2.45, 2.75) is 45.6 Å². The molecule has 1 amide bonds. The molecule has 0 aliphatic rings. The fraction of sp³-hybridized carbons (Fsp3) is 0.533. The fourth-order valence-electron chi connectivity index (χ4n) is 1.86. The first-order chi connectivity index (χ1) is 8.63. The summed E-state index contributed by atoms with van der Waals surface area (Å²) in [5.74, 6) is 0.125. The standard InChI is InChI=1S/C15H24N2O/c1-12-7-9-14(10-8-12)13(2)17-15(18)6-4-3-5-11-16/h7-10,13H,3-6,11,16H2,1-2H3,(H,17,18). The Hall–Kier alpha value is -1.35. The van der Waals surface area contributed by atoms with Crippen LogP contribution in [-0.2, 0) is 4.79 Å². The predicted molar refractivity (Wildman–Crippen MR) is 75.3 cm³/mol. The topological polar surface area (TPSA) is 55.1 Å². The molecule has 1 aromatic carbocycles. The van der Waals surface area contributed by atoms with Gasteiger partial charge in [0.15, 0.2) is 0 Å². The molecule has 1 atom stereocenters. The van der Waals surface area contributed by atoms with Gasteiger partial charge in [-0.25, -0.2) is 0 Å². The highest BCUT2D eigenvalue weighted by Gasteiger charge is 2.08. The molecule has 3 nitrogen and oxygen atoms in total. The number of benzene rings is 1. The Labute approximate surface area is 110 Å². The van der Waals surface area contributed by atoms with Crippen LogP contribution in [-0.4, -0.2) is 12.5 Å². The lowest BCUT2D eigenvalue weighted by Crippen LogP contribution is -2.26. The maximum atomic E-state index is 11.7. The minimum absolute atomic E-state index is 0.0765. The van der Waals surface area contributed by atoms with E-state index in [9.17, 15) is 4.79 Å². The maximum Gasteiger partial charge on any atom is 0.220 e. The minimum atomic E-state index is 0.0765. The highest BCUT2D eigenvalue weighted by molar-refractivity contribution is 5.76. The summed E-state index contributed by atoms with van der Waals surface area (Å²) in [6.07, 6.45) is 3.55. The van der Waals surface area contributed by atoms with E-state index in [4.69, 9.17) is 5.73 Å². The molecular weight excluding hydrogens is 224 g/mol. The number of carbonyl (C=O) groups excluding carboxylic acids is 1. The molecule has 3 heteroatoms. The number of aryl methyl sites for hydroxylation is 1. The molecule has 18 heavy (non-hydrogen) atoms. The van der Waals surface area contributed by atoms with Crippen molar-refractivity contribution >= 4 is 5.91 Å². The zero-order chi connectivity index (χ0) is 13.4. The van der Waals surface area contributed by atoms with E-state index in [2.05, 4.69) is 36.5 Å². The number of carbonyl (C=O) groups is 1. The van der Waals surface area contributed by atoms with Crippen LogP contribution in [0.5, 0.6) is 0 Å². The quantitative estimate of drug-likeness (QED) is 0.729. The molecule has 0 spiro atoms. The van der Waals surface area contributed by atoms with Gasteiger partial charge >= 0.3 is 0 Å². The Balaban J connectivity index is 2.33. The van der Waals surface area contributed by atoms with Crippen molar-refractivity contribution < 1.29 is 4.79 Å². The Bertz CT molecular complexity index is 359. The third kappa shape index (κ3) is 5.32. The van der Waals surface area contributed by atoms with Gasteiger partial charge in [-0.2, -0.15) is 0 Å². The summed E-state index contributed by atoms with van der Waals surface area (Å²) in [5, 5.41) is 3.02. The molecule has 0 aliphatic heterocycles. The van der Waals surface area contributed by atoms with Crippen LogP contribution in [0.15, 0.2) is 24.3 Å². The zero-order valence-electron chi connectivity index (χ0n) is 11.4. The van der Waals surface area contributed by atoms with Gasteiger partial charge in [0.05, 0.1) is 6.04 Å². The van der Waals surface area contributed by atoms with Crippen LogP contribution >= 0.6 is 0 Å². The summed E-state index contributed by atoms with van der Waals surface area (Å²) in [7, 11) is 0. The first-order valence-electron chi connectivity index (χ1n) is 6.69. The number of rotatable bonds is 7. The Kier molecular flexibility index (Phi) is 6.44. The molecule has 1 aromatic rings. The summed E-state index contributed by atoms with van der Waals surface area (Å²) < 4.78 is 0. The second-order valence-electron chi connectivity index (χ2n) is 4.80. The SMILES string of the molecule is Cc1ccc(C(C)NC(=O)CCCCCN)cc1. The molecule has 3 N–H and O–H groups in total. The van der Waals surface area contributed by atoms with E-state index in [1.165, 1.54) is 5.56 Å². The lowest BCUT2D eigenvalue weighted by molar-refractivity contribution is -0.121. The number of nitrogens with one attached hydrogen (secondary N) is 1. The van der Waals surface area contributed by atoms with Crippen LogP contribution in [0.2, 0.25) is 0 Å². The predicted octanol–water partition coefficient (Wildman–Crippen LogP) is 2.69. The third-order valence-electron chi connectivity index (χ3n) is 3.06. The van der Waals surface area contributed by atoms with Crippen molar-refractivity contribution in [3.8, 4) is 0 Å². The Morgan fingerprint density at radius 2 is 1.89 bits per heavy atom. The van der Waals surface area contributed by atoms with Crippen molar-refractivity contribution in [3.63, 3.8) is 0 Å². The van der Waals surface area contributed by atoms with Crippen LogP contribution in [0.4, 0.5) is 0 Å². The van der Waals surface area contributed by atoms with Crippen LogP contribution in [0, 0.1) is 6.92 Å². The molecule has 0 fully saturated rings. The average molecular weight is 248 g/mol. The van der Waals surface area contributed by atoms with Crippen molar-refractivity contribution in [2.75, 3.05) is 6.54 Å². The smallest absolute Gasteiger partial charge is 0.220 e. The molecule has 0 aromatic heterocycles. The summed E-state index contributed by atoms with van der Waals surface area (Å²) in [5.41, 5.74) is 7.80. The van der Waals surface area contributed by atoms with Crippen LogP contribution in [0.25, 0.3) is 0 Å². The van der Waals surface area contributed by atoms with E-state index >= 15 is 0 Å². The number of unbranched alkanes of at least 4 members (excludes halogenated alkanes) is 2. The third-order valence-corrected chi connectivity index (χ3v) is 3.06. The van der Waals surface area contributed by atoms with Gasteiger partial charge in [0, 0.05) is 6.42 Å². The van der Waals surface area contributed by atoms with Gasteiger partial charge in [-0.3, -0.25) is 4.79 Å². The number of hydrogen-bond donors (Lipinski definition) is 2. The lowest BCUT2D eigenvalue weighted by atomic mass is 10.1. The van der Waals surface area contributed by atoms with Crippen LogP contribution < -0.4 is 11.1 Å². The molecule has 0 saturated carbocycles. The van der Waals surface area contributed by atoms with Crippen molar-refractivity contribution in [1.82, 2.24) is 5.32 Å².